The zero-order valence-corrected chi connectivity index (χ0v) is 15.7. The van der Waals surface area contributed by atoms with E-state index < -0.39 is 6.09 Å². The largest absolute Gasteiger partial charge is 0.495 e. The highest BCUT2D eigenvalue weighted by atomic mass is 16.7. The molecule has 2 heterocycles. The molecule has 0 bridgehead atoms. The molecule has 0 saturated carbocycles. The van der Waals surface area contributed by atoms with Crippen molar-refractivity contribution in [3.05, 3.63) is 66.2 Å². The molecule has 2 aromatic rings. The van der Waals surface area contributed by atoms with Gasteiger partial charge >= 0.3 is 6.09 Å². The summed E-state index contributed by atoms with van der Waals surface area (Å²) in [5, 5.41) is 4.38. The van der Waals surface area contributed by atoms with E-state index in [0.29, 0.717) is 24.5 Å². The summed E-state index contributed by atoms with van der Waals surface area (Å²) in [5.41, 5.74) is 5.31. The van der Waals surface area contributed by atoms with Gasteiger partial charge in [-0.15, -0.1) is 5.06 Å². The average molecular weight is 381 g/mol. The minimum Gasteiger partial charge on any atom is -0.495 e. The highest BCUT2D eigenvalue weighted by Gasteiger charge is 2.39. The van der Waals surface area contributed by atoms with Crippen LogP contribution in [0.5, 0.6) is 5.75 Å². The highest BCUT2D eigenvalue weighted by molar-refractivity contribution is 5.86. The third kappa shape index (κ3) is 3.95. The monoisotopic (exact) mass is 381 g/mol. The number of methoxy groups -OCH3 is 1. The van der Waals surface area contributed by atoms with Crippen LogP contribution in [-0.2, 0) is 9.68 Å². The van der Waals surface area contributed by atoms with Gasteiger partial charge in [0.25, 0.3) is 0 Å². The Bertz CT molecular complexity index is 861. The van der Waals surface area contributed by atoms with Gasteiger partial charge < -0.3 is 9.57 Å². The van der Waals surface area contributed by atoms with Gasteiger partial charge in [0.05, 0.1) is 18.5 Å². The van der Waals surface area contributed by atoms with Crippen molar-refractivity contribution in [1.29, 1.82) is 0 Å². The summed E-state index contributed by atoms with van der Waals surface area (Å²) in [6.45, 7) is 1.17. The molecule has 1 fully saturated rings. The van der Waals surface area contributed by atoms with Crippen LogP contribution in [0.3, 0.4) is 0 Å². The maximum absolute atomic E-state index is 12.2. The molecule has 1 saturated heterocycles. The summed E-state index contributed by atoms with van der Waals surface area (Å²) in [5.74, 6) is 0.584. The first kappa shape index (κ1) is 18.3. The Morgan fingerprint density at radius 1 is 1.11 bits per heavy atom. The SMILES string of the molecule is COc1ccccc1NC(=O)ON1CCC2(C=C(c3ccccc3)NO2)CC1. The number of hydrogen-bond acceptors (Lipinski definition) is 6. The molecule has 1 spiro atoms. The average Bonchev–Trinajstić information content (AvgIpc) is 3.15. The van der Waals surface area contributed by atoms with Gasteiger partial charge in [-0.1, -0.05) is 42.5 Å². The summed E-state index contributed by atoms with van der Waals surface area (Å²) >= 11 is 0. The number of para-hydroxylation sites is 2. The summed E-state index contributed by atoms with van der Waals surface area (Å²) in [7, 11) is 1.56. The molecule has 2 aromatic carbocycles. The van der Waals surface area contributed by atoms with Gasteiger partial charge in [0.2, 0.25) is 0 Å². The fourth-order valence-electron chi connectivity index (χ4n) is 3.44. The minimum absolute atomic E-state index is 0.371. The Morgan fingerprint density at radius 3 is 2.57 bits per heavy atom. The second-order valence-electron chi connectivity index (χ2n) is 6.83. The van der Waals surface area contributed by atoms with E-state index in [1.54, 1.807) is 24.3 Å². The zero-order chi connectivity index (χ0) is 19.4. The predicted octanol–water partition coefficient (Wildman–Crippen LogP) is 3.57. The number of rotatable bonds is 4. The zero-order valence-electron chi connectivity index (χ0n) is 15.7. The van der Waals surface area contributed by atoms with Gasteiger partial charge in [-0.25, -0.2) is 4.79 Å². The Kier molecular flexibility index (Phi) is 5.18. The van der Waals surface area contributed by atoms with E-state index in [1.807, 2.05) is 42.5 Å². The van der Waals surface area contributed by atoms with Gasteiger partial charge in [-0.05, 0) is 36.6 Å². The maximum atomic E-state index is 12.2. The molecule has 7 heteroatoms. The third-order valence-electron chi connectivity index (χ3n) is 4.98. The van der Waals surface area contributed by atoms with E-state index >= 15 is 0 Å². The lowest BCUT2D eigenvalue weighted by Crippen LogP contribution is -2.45. The van der Waals surface area contributed by atoms with E-state index in [1.165, 1.54) is 0 Å². The molecule has 2 aliphatic heterocycles. The molecule has 2 aliphatic rings. The number of nitrogens with zero attached hydrogens (tertiary/aromatic N) is 1. The first-order chi connectivity index (χ1) is 13.7. The van der Waals surface area contributed by atoms with Crippen LogP contribution in [0.1, 0.15) is 18.4 Å². The lowest BCUT2D eigenvalue weighted by molar-refractivity contribution is -0.153. The second-order valence-corrected chi connectivity index (χ2v) is 6.83. The van der Waals surface area contributed by atoms with Gasteiger partial charge in [-0.3, -0.25) is 15.6 Å². The number of hydroxylamine groups is 3. The predicted molar refractivity (Wildman–Crippen MR) is 105 cm³/mol. The topological polar surface area (TPSA) is 72.1 Å². The lowest BCUT2D eigenvalue weighted by Gasteiger charge is -2.35. The van der Waals surface area contributed by atoms with Crippen molar-refractivity contribution in [2.24, 2.45) is 0 Å². The Hall–Kier alpha value is -3.03. The van der Waals surface area contributed by atoms with Crippen LogP contribution in [0.4, 0.5) is 10.5 Å². The fourth-order valence-corrected chi connectivity index (χ4v) is 3.44. The van der Waals surface area contributed by atoms with Crippen molar-refractivity contribution in [1.82, 2.24) is 10.5 Å². The molecule has 0 aliphatic carbocycles. The standard InChI is InChI=1S/C21H23N3O4/c1-26-19-10-6-5-9-17(19)22-20(25)27-24-13-11-21(12-14-24)15-18(23-28-21)16-7-3-2-4-8-16/h2-10,15,23H,11-14H2,1H3,(H,22,25). The molecule has 0 radical (unpaired) electrons. The van der Waals surface area contributed by atoms with E-state index in [4.69, 9.17) is 14.4 Å². The van der Waals surface area contributed by atoms with Crippen LogP contribution < -0.4 is 15.5 Å². The summed E-state index contributed by atoms with van der Waals surface area (Å²) in [4.78, 5) is 23.5. The van der Waals surface area contributed by atoms with Crippen molar-refractivity contribution >= 4 is 17.5 Å². The first-order valence-electron chi connectivity index (χ1n) is 9.27. The van der Waals surface area contributed by atoms with Gasteiger partial charge in [-0.2, -0.15) is 0 Å². The van der Waals surface area contributed by atoms with Crippen LogP contribution in [0.15, 0.2) is 60.7 Å². The van der Waals surface area contributed by atoms with E-state index in [-0.39, 0.29) is 5.60 Å². The van der Waals surface area contributed by atoms with Crippen LogP contribution in [0, 0.1) is 0 Å². The number of carbonyl (C=O) groups excluding carboxylic acids is 1. The van der Waals surface area contributed by atoms with Crippen molar-refractivity contribution < 1.29 is 19.2 Å². The first-order valence-corrected chi connectivity index (χ1v) is 9.27. The van der Waals surface area contributed by atoms with Crippen LogP contribution >= 0.6 is 0 Å². The highest BCUT2D eigenvalue weighted by Crippen LogP contribution is 2.34. The Labute approximate surface area is 163 Å². The molecular formula is C21H23N3O4. The molecule has 2 N–H and O–H groups in total. The number of nitrogens with one attached hydrogen (secondary N) is 2. The van der Waals surface area contributed by atoms with Crippen molar-refractivity contribution in [2.75, 3.05) is 25.5 Å². The fraction of sp³-hybridized carbons (Fsp3) is 0.286. The number of carbonyl (C=O) groups is 1. The number of anilines is 1. The van der Waals surface area contributed by atoms with Gasteiger partial charge in [0.15, 0.2) is 0 Å². The molecule has 0 aromatic heterocycles. The summed E-state index contributed by atoms with van der Waals surface area (Å²) < 4.78 is 5.23. The molecule has 4 rings (SSSR count). The molecule has 0 unspecified atom stereocenters. The number of hydrogen-bond donors (Lipinski definition) is 2. The van der Waals surface area contributed by atoms with E-state index in [0.717, 1.165) is 24.1 Å². The number of amides is 1. The van der Waals surface area contributed by atoms with Crippen LogP contribution in [0.2, 0.25) is 0 Å². The quantitative estimate of drug-likeness (QED) is 0.844. The van der Waals surface area contributed by atoms with Gasteiger partial charge in [0.1, 0.15) is 11.4 Å². The number of piperidine rings is 1. The Morgan fingerprint density at radius 2 is 1.82 bits per heavy atom. The molecule has 0 atom stereocenters. The number of benzene rings is 2. The summed E-state index contributed by atoms with van der Waals surface area (Å²) in [6, 6.07) is 17.3. The second kappa shape index (κ2) is 7.92. The smallest absolute Gasteiger partial charge is 0.430 e. The maximum Gasteiger partial charge on any atom is 0.430 e. The van der Waals surface area contributed by atoms with Gasteiger partial charge in [0, 0.05) is 13.1 Å². The van der Waals surface area contributed by atoms with Crippen molar-refractivity contribution in [3.63, 3.8) is 0 Å². The molecule has 146 valence electrons. The van der Waals surface area contributed by atoms with E-state index in [2.05, 4.69) is 16.9 Å². The van der Waals surface area contributed by atoms with Crippen LogP contribution in [-0.4, -0.2) is 37.0 Å². The van der Waals surface area contributed by atoms with Crippen LogP contribution in [0.25, 0.3) is 5.70 Å². The van der Waals surface area contributed by atoms with Crippen molar-refractivity contribution in [2.45, 2.75) is 18.4 Å². The molecule has 28 heavy (non-hydrogen) atoms. The number of ether oxygens (including phenoxy) is 1. The van der Waals surface area contributed by atoms with Crippen molar-refractivity contribution in [3.8, 4) is 5.75 Å². The Balaban J connectivity index is 1.32. The lowest BCUT2D eigenvalue weighted by atomic mass is 9.91. The minimum atomic E-state index is -0.536. The summed E-state index contributed by atoms with van der Waals surface area (Å²) in [6.07, 6.45) is 3.04. The molecule has 7 nitrogen and oxygen atoms in total. The normalized spacial score (nSPS) is 18.2. The molecule has 1 amide bonds. The van der Waals surface area contributed by atoms with E-state index in [9.17, 15) is 4.79 Å². The molecular weight excluding hydrogens is 358 g/mol. The third-order valence-corrected chi connectivity index (χ3v) is 4.98.